The highest BCUT2D eigenvalue weighted by Crippen LogP contribution is 2.32. The largest absolute Gasteiger partial charge is 0.207 e. The van der Waals surface area contributed by atoms with E-state index in [2.05, 4.69) is 34.1 Å². The second-order valence-corrected chi connectivity index (χ2v) is 6.39. The number of halogens is 3. The fourth-order valence-electron chi connectivity index (χ4n) is 2.78. The maximum atomic E-state index is 13.7. The van der Waals surface area contributed by atoms with Crippen molar-refractivity contribution in [1.29, 1.82) is 0 Å². The Balaban J connectivity index is 1.80. The Kier molecular flexibility index (Phi) is 3.88. The molecule has 1 aliphatic rings. The van der Waals surface area contributed by atoms with Gasteiger partial charge in [0.15, 0.2) is 0 Å². The summed E-state index contributed by atoms with van der Waals surface area (Å²) in [5, 5.41) is 0. The van der Waals surface area contributed by atoms with Crippen molar-refractivity contribution in [1.82, 2.24) is 0 Å². The van der Waals surface area contributed by atoms with Crippen molar-refractivity contribution in [2.24, 2.45) is 0 Å². The molecular weight excluding hydrogens is 322 g/mol. The molecule has 0 aromatic heterocycles. The van der Waals surface area contributed by atoms with Crippen LogP contribution < -0.4 is 0 Å². The van der Waals surface area contributed by atoms with Gasteiger partial charge in [0.05, 0.1) is 0 Å². The first-order valence-electron chi connectivity index (χ1n) is 6.83. The first kappa shape index (κ1) is 13.7. The highest BCUT2D eigenvalue weighted by molar-refractivity contribution is 9.09. The lowest BCUT2D eigenvalue weighted by atomic mass is 10.00. The maximum Gasteiger partial charge on any atom is 0.129 e. The first-order chi connectivity index (χ1) is 9.63. The zero-order valence-corrected chi connectivity index (χ0v) is 12.6. The van der Waals surface area contributed by atoms with E-state index in [9.17, 15) is 8.78 Å². The molecule has 2 aromatic carbocycles. The van der Waals surface area contributed by atoms with Crippen molar-refractivity contribution in [3.8, 4) is 0 Å². The molecule has 0 bridgehead atoms. The van der Waals surface area contributed by atoms with Gasteiger partial charge in [-0.3, -0.25) is 0 Å². The summed E-state index contributed by atoms with van der Waals surface area (Å²) >= 11 is 3.62. The summed E-state index contributed by atoms with van der Waals surface area (Å²) < 4.78 is 26.6. The van der Waals surface area contributed by atoms with E-state index in [1.54, 1.807) is 0 Å². The third kappa shape index (κ3) is 2.78. The molecule has 0 amide bonds. The molecule has 0 radical (unpaired) electrons. The van der Waals surface area contributed by atoms with Crippen LogP contribution in [-0.4, -0.2) is 0 Å². The van der Waals surface area contributed by atoms with Gasteiger partial charge in [0.1, 0.15) is 11.6 Å². The SMILES string of the molecule is Fc1ccc(CC(Br)c2ccc3c(c2)CCC3)c(F)c1. The topological polar surface area (TPSA) is 0 Å². The van der Waals surface area contributed by atoms with Gasteiger partial charge in [-0.15, -0.1) is 0 Å². The van der Waals surface area contributed by atoms with Gasteiger partial charge in [0.2, 0.25) is 0 Å². The minimum Gasteiger partial charge on any atom is -0.207 e. The van der Waals surface area contributed by atoms with Gasteiger partial charge in [0, 0.05) is 10.9 Å². The van der Waals surface area contributed by atoms with Gasteiger partial charge in [-0.25, -0.2) is 8.78 Å². The van der Waals surface area contributed by atoms with Gasteiger partial charge in [0.25, 0.3) is 0 Å². The summed E-state index contributed by atoms with van der Waals surface area (Å²) in [4.78, 5) is 0.0494. The van der Waals surface area contributed by atoms with Gasteiger partial charge < -0.3 is 0 Å². The van der Waals surface area contributed by atoms with Crippen LogP contribution in [0, 0.1) is 11.6 Å². The Morgan fingerprint density at radius 1 is 1.00 bits per heavy atom. The molecule has 0 saturated carbocycles. The molecule has 104 valence electrons. The number of alkyl halides is 1. The number of hydrogen-bond donors (Lipinski definition) is 0. The van der Waals surface area contributed by atoms with Crippen LogP contribution in [0.3, 0.4) is 0 Å². The minimum atomic E-state index is -0.532. The maximum absolute atomic E-state index is 13.7. The smallest absolute Gasteiger partial charge is 0.129 e. The number of rotatable bonds is 3. The zero-order chi connectivity index (χ0) is 14.1. The summed E-state index contributed by atoms with van der Waals surface area (Å²) in [7, 11) is 0. The molecule has 0 fully saturated rings. The van der Waals surface area contributed by atoms with Crippen LogP contribution in [0.1, 0.15) is 33.5 Å². The van der Waals surface area contributed by atoms with E-state index < -0.39 is 11.6 Å². The predicted octanol–water partition coefficient (Wildman–Crippen LogP) is 5.13. The standard InChI is InChI=1S/C17H15BrF2/c18-16(9-14-6-7-15(19)10-17(14)20)13-5-4-11-2-1-3-12(11)8-13/h4-8,10,16H,1-3,9H2. The van der Waals surface area contributed by atoms with Gasteiger partial charge in [-0.2, -0.15) is 0 Å². The summed E-state index contributed by atoms with van der Waals surface area (Å²) in [6, 6.07) is 10.3. The Bertz CT molecular complexity index is 637. The van der Waals surface area contributed by atoms with Crippen molar-refractivity contribution in [3.05, 3.63) is 70.3 Å². The number of hydrogen-bond acceptors (Lipinski definition) is 0. The van der Waals surface area contributed by atoms with Crippen molar-refractivity contribution in [2.75, 3.05) is 0 Å². The van der Waals surface area contributed by atoms with Gasteiger partial charge >= 0.3 is 0 Å². The summed E-state index contributed by atoms with van der Waals surface area (Å²) in [6.45, 7) is 0. The normalized spacial score (nSPS) is 15.2. The lowest BCUT2D eigenvalue weighted by Crippen LogP contribution is -1.99. The van der Waals surface area contributed by atoms with Gasteiger partial charge in [-0.05, 0) is 54.0 Å². The summed E-state index contributed by atoms with van der Waals surface area (Å²) in [5.41, 5.74) is 4.54. The molecule has 2 aromatic rings. The highest BCUT2D eigenvalue weighted by atomic mass is 79.9. The lowest BCUT2D eigenvalue weighted by molar-refractivity contribution is 0.571. The van der Waals surface area contributed by atoms with E-state index in [1.807, 2.05) is 0 Å². The average Bonchev–Trinajstić information content (AvgIpc) is 2.89. The molecular formula is C17H15BrF2. The predicted molar refractivity (Wildman–Crippen MR) is 80.2 cm³/mol. The molecule has 0 nitrogen and oxygen atoms in total. The molecule has 3 rings (SSSR count). The number of aryl methyl sites for hydroxylation is 2. The zero-order valence-electron chi connectivity index (χ0n) is 11.0. The molecule has 1 atom stereocenters. The molecule has 0 N–H and O–H groups in total. The summed E-state index contributed by atoms with van der Waals surface area (Å²) in [5.74, 6) is -1.01. The lowest BCUT2D eigenvalue weighted by Gasteiger charge is -2.13. The van der Waals surface area contributed by atoms with Crippen LogP contribution >= 0.6 is 15.9 Å². The third-order valence-electron chi connectivity index (χ3n) is 3.90. The average molecular weight is 337 g/mol. The van der Waals surface area contributed by atoms with Crippen LogP contribution in [0.15, 0.2) is 36.4 Å². The van der Waals surface area contributed by atoms with E-state index >= 15 is 0 Å². The first-order valence-corrected chi connectivity index (χ1v) is 7.75. The quantitative estimate of drug-likeness (QED) is 0.681. The molecule has 0 spiro atoms. The molecule has 20 heavy (non-hydrogen) atoms. The van der Waals surface area contributed by atoms with Crippen molar-refractivity contribution in [3.63, 3.8) is 0 Å². The molecule has 1 aliphatic carbocycles. The highest BCUT2D eigenvalue weighted by Gasteiger charge is 2.16. The molecule has 0 saturated heterocycles. The molecule has 0 aliphatic heterocycles. The summed E-state index contributed by atoms with van der Waals surface area (Å²) in [6.07, 6.45) is 4.03. The Morgan fingerprint density at radius 3 is 2.60 bits per heavy atom. The Morgan fingerprint density at radius 2 is 1.80 bits per heavy atom. The van der Waals surface area contributed by atoms with Crippen LogP contribution in [0.2, 0.25) is 0 Å². The van der Waals surface area contributed by atoms with E-state index in [-0.39, 0.29) is 4.83 Å². The number of fused-ring (bicyclic) bond motifs is 1. The van der Waals surface area contributed by atoms with Gasteiger partial charge in [-0.1, -0.05) is 40.2 Å². The van der Waals surface area contributed by atoms with E-state index in [0.29, 0.717) is 12.0 Å². The molecule has 1 unspecified atom stereocenters. The van der Waals surface area contributed by atoms with E-state index in [1.165, 1.54) is 29.7 Å². The van der Waals surface area contributed by atoms with Crippen LogP contribution in [0.25, 0.3) is 0 Å². The van der Waals surface area contributed by atoms with Crippen LogP contribution in [0.5, 0.6) is 0 Å². The molecule has 3 heteroatoms. The fraction of sp³-hybridized carbons (Fsp3) is 0.294. The minimum absolute atomic E-state index is 0.0494. The second kappa shape index (κ2) is 5.65. The monoisotopic (exact) mass is 336 g/mol. The van der Waals surface area contributed by atoms with E-state index in [4.69, 9.17) is 0 Å². The van der Waals surface area contributed by atoms with Crippen molar-refractivity contribution < 1.29 is 8.78 Å². The Labute approximate surface area is 126 Å². The van der Waals surface area contributed by atoms with Crippen LogP contribution in [0.4, 0.5) is 8.78 Å². The second-order valence-electron chi connectivity index (χ2n) is 5.29. The Hall–Kier alpha value is -1.22. The van der Waals surface area contributed by atoms with Crippen molar-refractivity contribution >= 4 is 15.9 Å². The fourth-order valence-corrected chi connectivity index (χ4v) is 3.42. The third-order valence-corrected chi connectivity index (χ3v) is 4.75. The number of benzene rings is 2. The van der Waals surface area contributed by atoms with Crippen LogP contribution in [-0.2, 0) is 19.3 Å². The van der Waals surface area contributed by atoms with E-state index in [0.717, 1.165) is 24.5 Å². The molecule has 0 heterocycles. The van der Waals surface area contributed by atoms with Crippen molar-refractivity contribution in [2.45, 2.75) is 30.5 Å².